The molecule has 0 aromatic heterocycles. The van der Waals surface area contributed by atoms with Gasteiger partial charge in [0, 0.05) is 5.41 Å². The Morgan fingerprint density at radius 3 is 2.83 bits per heavy atom. The predicted octanol–water partition coefficient (Wildman–Crippen LogP) is 1.78. The van der Waals surface area contributed by atoms with Crippen LogP contribution in [0.1, 0.15) is 0 Å². The highest BCUT2D eigenvalue weighted by Gasteiger charge is 1.99. The number of thioether (sulfide) groups is 2. The van der Waals surface area contributed by atoms with Gasteiger partial charge in [-0.1, -0.05) is 11.8 Å². The van der Waals surface area contributed by atoms with E-state index in [0.29, 0.717) is 5.09 Å². The van der Waals surface area contributed by atoms with Crippen LogP contribution in [0.5, 0.6) is 0 Å². The fourth-order valence-electron chi connectivity index (χ4n) is 0.234. The Kier molecular flexibility index (Phi) is 1.32. The normalized spacial score (nSPS) is 21.0. The molecule has 0 aromatic carbocycles. The molecule has 0 unspecified atom stereocenters. The summed E-state index contributed by atoms with van der Waals surface area (Å²) in [4.78, 5) is 0. The second-order valence-electron chi connectivity index (χ2n) is 0.885. The molecule has 3 heteroatoms. The first-order chi connectivity index (χ1) is 2.89. The molecule has 0 aromatic rings. The maximum Gasteiger partial charge on any atom is 0.157 e. The topological polar surface area (TPSA) is 20.2 Å². The summed E-state index contributed by atoms with van der Waals surface area (Å²) >= 11 is 3.11. The molecule has 0 saturated heterocycles. The summed E-state index contributed by atoms with van der Waals surface area (Å²) in [5, 5.41) is 11.7. The monoisotopic (exact) mass is 120 g/mol. The van der Waals surface area contributed by atoms with Crippen molar-refractivity contribution < 1.29 is 5.11 Å². The number of aliphatic hydroxyl groups is 1. The van der Waals surface area contributed by atoms with Gasteiger partial charge in [-0.25, -0.2) is 0 Å². The van der Waals surface area contributed by atoms with E-state index in [1.165, 1.54) is 11.8 Å². The van der Waals surface area contributed by atoms with Crippen LogP contribution in [0.15, 0.2) is 10.5 Å². The molecule has 0 aliphatic carbocycles. The lowest BCUT2D eigenvalue weighted by Gasteiger charge is -1.78. The van der Waals surface area contributed by atoms with E-state index in [4.69, 9.17) is 5.11 Å². The Hall–Kier alpha value is 0.240. The standard InChI is InChI=1S/C3H4OS2/c4-3-1-5-2-6-3/h1,4H,2H2. The molecule has 1 rings (SSSR count). The van der Waals surface area contributed by atoms with Crippen molar-refractivity contribution in [1.29, 1.82) is 0 Å². The molecule has 1 aliphatic heterocycles. The van der Waals surface area contributed by atoms with Crippen molar-refractivity contribution in [3.8, 4) is 0 Å². The average molecular weight is 120 g/mol. The van der Waals surface area contributed by atoms with Gasteiger partial charge in [-0.15, -0.1) is 11.8 Å². The van der Waals surface area contributed by atoms with Crippen molar-refractivity contribution in [2.24, 2.45) is 0 Å². The van der Waals surface area contributed by atoms with Crippen molar-refractivity contribution in [3.63, 3.8) is 0 Å². The quantitative estimate of drug-likeness (QED) is 0.526. The minimum Gasteiger partial charge on any atom is -0.502 e. The van der Waals surface area contributed by atoms with E-state index < -0.39 is 0 Å². The first-order valence-electron chi connectivity index (χ1n) is 1.53. The molecule has 0 radical (unpaired) electrons. The third-order valence-corrected chi connectivity index (χ3v) is 2.43. The molecule has 0 atom stereocenters. The third kappa shape index (κ3) is 0.849. The zero-order chi connectivity index (χ0) is 4.41. The highest BCUT2D eigenvalue weighted by molar-refractivity contribution is 8.21. The molecule has 1 N–H and O–H groups in total. The van der Waals surface area contributed by atoms with Crippen molar-refractivity contribution >= 4 is 23.5 Å². The van der Waals surface area contributed by atoms with Crippen LogP contribution in [-0.2, 0) is 0 Å². The summed E-state index contributed by atoms with van der Waals surface area (Å²) in [7, 11) is 0. The summed E-state index contributed by atoms with van der Waals surface area (Å²) in [6.45, 7) is 0. The molecular weight excluding hydrogens is 116 g/mol. The van der Waals surface area contributed by atoms with E-state index in [-0.39, 0.29) is 0 Å². The lowest BCUT2D eigenvalue weighted by atomic mass is 11.1. The molecule has 0 bridgehead atoms. The Labute approximate surface area is 44.8 Å². The average Bonchev–Trinajstić information content (AvgIpc) is 1.86. The van der Waals surface area contributed by atoms with Crippen LogP contribution in [0.25, 0.3) is 0 Å². The summed E-state index contributed by atoms with van der Waals surface area (Å²) in [6.07, 6.45) is 0. The molecule has 1 heterocycles. The smallest absolute Gasteiger partial charge is 0.157 e. The Balaban J connectivity index is 2.45. The van der Waals surface area contributed by atoms with Crippen LogP contribution >= 0.6 is 23.5 Å². The molecular formula is C3H4OS2. The van der Waals surface area contributed by atoms with Gasteiger partial charge in [0.1, 0.15) is 0 Å². The zero-order valence-corrected chi connectivity index (χ0v) is 4.68. The number of aliphatic hydroxyl groups excluding tert-OH is 1. The molecule has 1 aliphatic rings. The van der Waals surface area contributed by atoms with E-state index in [2.05, 4.69) is 0 Å². The molecule has 0 amide bonds. The van der Waals surface area contributed by atoms with E-state index >= 15 is 0 Å². The van der Waals surface area contributed by atoms with Gasteiger partial charge in [-0.2, -0.15) is 0 Å². The Morgan fingerprint density at radius 2 is 2.67 bits per heavy atom. The minimum absolute atomic E-state index is 0.458. The van der Waals surface area contributed by atoms with Crippen molar-refractivity contribution in [2.45, 2.75) is 0 Å². The largest absolute Gasteiger partial charge is 0.502 e. The predicted molar refractivity (Wildman–Crippen MR) is 30.8 cm³/mol. The molecule has 6 heavy (non-hydrogen) atoms. The SMILES string of the molecule is OC1=CSCS1. The Morgan fingerprint density at radius 1 is 1.83 bits per heavy atom. The fraction of sp³-hybridized carbons (Fsp3) is 0.333. The van der Waals surface area contributed by atoms with Gasteiger partial charge in [0.2, 0.25) is 0 Å². The van der Waals surface area contributed by atoms with Crippen LogP contribution in [0.4, 0.5) is 0 Å². The van der Waals surface area contributed by atoms with Gasteiger partial charge in [0.15, 0.2) is 5.09 Å². The minimum atomic E-state index is 0.458. The number of hydrogen-bond acceptors (Lipinski definition) is 3. The maximum absolute atomic E-state index is 8.53. The maximum atomic E-state index is 8.53. The first-order valence-corrected chi connectivity index (χ1v) is 3.56. The molecule has 34 valence electrons. The Bertz CT molecular complexity index is 78.9. The third-order valence-electron chi connectivity index (χ3n) is 0.459. The number of hydrogen-bond donors (Lipinski definition) is 1. The van der Waals surface area contributed by atoms with Gasteiger partial charge in [-0.3, -0.25) is 0 Å². The zero-order valence-electron chi connectivity index (χ0n) is 3.05. The van der Waals surface area contributed by atoms with Crippen LogP contribution in [-0.4, -0.2) is 10.2 Å². The molecule has 0 spiro atoms. The molecule has 1 nitrogen and oxygen atoms in total. The lowest BCUT2D eigenvalue weighted by molar-refractivity contribution is 0.459. The van der Waals surface area contributed by atoms with Gasteiger partial charge < -0.3 is 5.11 Å². The van der Waals surface area contributed by atoms with E-state index in [1.54, 1.807) is 17.2 Å². The van der Waals surface area contributed by atoms with E-state index in [0.717, 1.165) is 5.08 Å². The van der Waals surface area contributed by atoms with Crippen molar-refractivity contribution in [1.82, 2.24) is 0 Å². The van der Waals surface area contributed by atoms with Crippen LogP contribution in [0, 0.1) is 0 Å². The number of rotatable bonds is 0. The summed E-state index contributed by atoms with van der Waals surface area (Å²) in [6, 6.07) is 0. The van der Waals surface area contributed by atoms with Crippen LogP contribution in [0.2, 0.25) is 0 Å². The summed E-state index contributed by atoms with van der Waals surface area (Å²) in [5.74, 6) is 0. The van der Waals surface area contributed by atoms with Gasteiger partial charge in [0.25, 0.3) is 0 Å². The van der Waals surface area contributed by atoms with E-state index in [1.807, 2.05) is 0 Å². The fourth-order valence-corrected chi connectivity index (χ4v) is 1.88. The molecule has 0 fully saturated rings. The van der Waals surface area contributed by atoms with Crippen molar-refractivity contribution in [2.75, 3.05) is 5.08 Å². The second kappa shape index (κ2) is 1.80. The highest BCUT2D eigenvalue weighted by Crippen LogP contribution is 2.28. The van der Waals surface area contributed by atoms with Gasteiger partial charge in [0.05, 0.1) is 5.08 Å². The van der Waals surface area contributed by atoms with E-state index in [9.17, 15) is 0 Å². The summed E-state index contributed by atoms with van der Waals surface area (Å²) < 4.78 is 0. The van der Waals surface area contributed by atoms with Crippen LogP contribution in [0.3, 0.4) is 0 Å². The second-order valence-corrected chi connectivity index (χ2v) is 3.10. The molecule has 0 saturated carbocycles. The lowest BCUT2D eigenvalue weighted by Crippen LogP contribution is -1.58. The summed E-state index contributed by atoms with van der Waals surface area (Å²) in [5.41, 5.74) is 0. The first kappa shape index (κ1) is 4.40. The van der Waals surface area contributed by atoms with Gasteiger partial charge in [-0.05, 0) is 0 Å². The highest BCUT2D eigenvalue weighted by atomic mass is 32.2. The van der Waals surface area contributed by atoms with Gasteiger partial charge >= 0.3 is 0 Å². The van der Waals surface area contributed by atoms with Crippen LogP contribution < -0.4 is 0 Å². The van der Waals surface area contributed by atoms with Crippen molar-refractivity contribution in [3.05, 3.63) is 10.5 Å².